The number of hydrogen-bond donors (Lipinski definition) is 2. The second-order valence-corrected chi connectivity index (χ2v) is 7.43. The van der Waals surface area contributed by atoms with Gasteiger partial charge in [-0.05, 0) is 48.9 Å². The number of hydrogen-bond acceptors (Lipinski definition) is 3. The molecule has 0 aliphatic rings. The van der Waals surface area contributed by atoms with Crippen LogP contribution in [0.3, 0.4) is 0 Å². The van der Waals surface area contributed by atoms with Crippen LogP contribution in [0.25, 0.3) is 0 Å². The molecule has 118 valence electrons. The van der Waals surface area contributed by atoms with Crippen molar-refractivity contribution in [2.45, 2.75) is 13.3 Å². The first-order chi connectivity index (χ1) is 10.4. The van der Waals surface area contributed by atoms with Crippen molar-refractivity contribution in [1.29, 1.82) is 0 Å². The maximum atomic E-state index is 11.7. The van der Waals surface area contributed by atoms with Crippen LogP contribution in [0.2, 0.25) is 10.0 Å². The molecule has 2 aromatic rings. The number of halogens is 2. The molecular weight excluding hydrogens is 343 g/mol. The Kier molecular flexibility index (Phi) is 5.56. The highest BCUT2D eigenvalue weighted by Crippen LogP contribution is 2.28. The zero-order valence-electron chi connectivity index (χ0n) is 11.9. The summed E-state index contributed by atoms with van der Waals surface area (Å²) in [6, 6.07) is 12.0. The molecule has 0 aromatic heterocycles. The Morgan fingerprint density at radius 2 is 1.64 bits per heavy atom. The average Bonchev–Trinajstić information content (AvgIpc) is 2.44. The number of anilines is 3. The summed E-state index contributed by atoms with van der Waals surface area (Å²) in [5, 5.41) is 4.27. The van der Waals surface area contributed by atoms with Gasteiger partial charge in [0, 0.05) is 16.4 Å². The molecule has 2 rings (SSSR count). The van der Waals surface area contributed by atoms with Crippen molar-refractivity contribution >= 4 is 50.3 Å². The molecule has 0 aliphatic heterocycles. The van der Waals surface area contributed by atoms with Crippen molar-refractivity contribution < 1.29 is 8.42 Å². The van der Waals surface area contributed by atoms with Gasteiger partial charge in [0.2, 0.25) is 10.0 Å². The summed E-state index contributed by atoms with van der Waals surface area (Å²) >= 11 is 12.0. The average molecular weight is 359 g/mol. The molecule has 0 fully saturated rings. The maximum Gasteiger partial charge on any atom is 0.232 e. The molecule has 0 aliphatic carbocycles. The number of rotatable bonds is 6. The minimum atomic E-state index is -3.28. The molecule has 4 nitrogen and oxygen atoms in total. The Morgan fingerprint density at radius 3 is 2.27 bits per heavy atom. The summed E-state index contributed by atoms with van der Waals surface area (Å²) in [7, 11) is -3.28. The molecule has 22 heavy (non-hydrogen) atoms. The van der Waals surface area contributed by atoms with Gasteiger partial charge in [0.05, 0.1) is 16.5 Å². The lowest BCUT2D eigenvalue weighted by Gasteiger charge is -2.11. The smallest absolute Gasteiger partial charge is 0.232 e. The van der Waals surface area contributed by atoms with Crippen LogP contribution in [0.15, 0.2) is 42.5 Å². The summed E-state index contributed by atoms with van der Waals surface area (Å²) < 4.78 is 25.9. The van der Waals surface area contributed by atoms with E-state index in [1.165, 1.54) is 0 Å². The molecule has 0 unspecified atom stereocenters. The molecule has 2 aromatic carbocycles. The van der Waals surface area contributed by atoms with E-state index in [1.54, 1.807) is 42.5 Å². The van der Waals surface area contributed by atoms with Gasteiger partial charge in [-0.25, -0.2) is 8.42 Å². The van der Waals surface area contributed by atoms with Crippen LogP contribution in [0.5, 0.6) is 0 Å². The number of sulfonamides is 1. The first kappa shape index (κ1) is 16.9. The van der Waals surface area contributed by atoms with Gasteiger partial charge in [-0.2, -0.15) is 0 Å². The fourth-order valence-corrected chi connectivity index (χ4v) is 3.34. The van der Waals surface area contributed by atoms with Gasteiger partial charge < -0.3 is 5.32 Å². The first-order valence-corrected chi connectivity index (χ1v) is 9.13. The minimum absolute atomic E-state index is 0.102. The summed E-state index contributed by atoms with van der Waals surface area (Å²) in [4.78, 5) is 0. The van der Waals surface area contributed by atoms with Crippen LogP contribution in [-0.4, -0.2) is 14.2 Å². The number of nitrogens with one attached hydrogen (secondary N) is 2. The van der Waals surface area contributed by atoms with E-state index in [2.05, 4.69) is 10.0 Å². The highest BCUT2D eigenvalue weighted by atomic mass is 35.5. The predicted octanol–water partition coefficient (Wildman–Crippen LogP) is 4.89. The van der Waals surface area contributed by atoms with Gasteiger partial charge in [-0.15, -0.1) is 0 Å². The van der Waals surface area contributed by atoms with E-state index >= 15 is 0 Å². The largest absolute Gasteiger partial charge is 0.354 e. The number of benzene rings is 2. The van der Waals surface area contributed by atoms with E-state index in [0.717, 1.165) is 5.69 Å². The van der Waals surface area contributed by atoms with Gasteiger partial charge in [0.1, 0.15) is 0 Å². The first-order valence-electron chi connectivity index (χ1n) is 6.72. The van der Waals surface area contributed by atoms with Gasteiger partial charge in [-0.3, -0.25) is 4.72 Å². The van der Waals surface area contributed by atoms with Gasteiger partial charge >= 0.3 is 0 Å². The Hall–Kier alpha value is -1.43. The minimum Gasteiger partial charge on any atom is -0.354 e. The highest BCUT2D eigenvalue weighted by Gasteiger charge is 2.08. The lowest BCUT2D eigenvalue weighted by atomic mass is 10.2. The van der Waals surface area contributed by atoms with Crippen molar-refractivity contribution in [3.8, 4) is 0 Å². The van der Waals surface area contributed by atoms with E-state index in [-0.39, 0.29) is 5.75 Å². The summed E-state index contributed by atoms with van der Waals surface area (Å²) in [6.45, 7) is 1.82. The molecule has 0 saturated heterocycles. The molecule has 0 spiro atoms. The maximum absolute atomic E-state index is 11.7. The van der Waals surface area contributed by atoms with Crippen molar-refractivity contribution in [2.24, 2.45) is 0 Å². The molecule has 0 atom stereocenters. The van der Waals surface area contributed by atoms with Crippen LogP contribution >= 0.6 is 23.2 Å². The zero-order valence-corrected chi connectivity index (χ0v) is 14.3. The summed E-state index contributed by atoms with van der Waals surface area (Å²) in [6.07, 6.45) is 0.572. The van der Waals surface area contributed by atoms with Crippen LogP contribution in [0.4, 0.5) is 17.1 Å². The molecule has 0 saturated carbocycles. The predicted molar refractivity (Wildman–Crippen MR) is 93.9 cm³/mol. The lowest BCUT2D eigenvalue weighted by molar-refractivity contribution is 0.600. The molecule has 0 radical (unpaired) electrons. The Morgan fingerprint density at radius 1 is 1.00 bits per heavy atom. The third-order valence-corrected chi connectivity index (χ3v) is 4.90. The molecular formula is C15H16Cl2N2O2S. The van der Waals surface area contributed by atoms with Crippen molar-refractivity contribution in [3.63, 3.8) is 0 Å². The second kappa shape index (κ2) is 7.22. The van der Waals surface area contributed by atoms with E-state index in [4.69, 9.17) is 23.2 Å². The molecule has 0 heterocycles. The van der Waals surface area contributed by atoms with E-state index in [1.807, 2.05) is 6.92 Å². The third-order valence-electron chi connectivity index (χ3n) is 2.84. The van der Waals surface area contributed by atoms with Gasteiger partial charge in [0.15, 0.2) is 0 Å². The third kappa shape index (κ3) is 4.80. The van der Waals surface area contributed by atoms with Crippen LogP contribution in [0.1, 0.15) is 13.3 Å². The fourth-order valence-electron chi connectivity index (χ4n) is 1.87. The molecule has 0 amide bonds. The van der Waals surface area contributed by atoms with Crippen molar-refractivity contribution in [2.75, 3.05) is 15.8 Å². The Balaban J connectivity index is 2.11. The van der Waals surface area contributed by atoms with Crippen LogP contribution in [0, 0.1) is 0 Å². The second-order valence-electron chi connectivity index (χ2n) is 4.75. The fraction of sp³-hybridized carbons (Fsp3) is 0.200. The zero-order chi connectivity index (χ0) is 16.2. The monoisotopic (exact) mass is 358 g/mol. The summed E-state index contributed by atoms with van der Waals surface area (Å²) in [5.41, 5.74) is 1.99. The van der Waals surface area contributed by atoms with Crippen LogP contribution in [-0.2, 0) is 10.0 Å². The quantitative estimate of drug-likeness (QED) is 0.772. The molecule has 2 N–H and O–H groups in total. The van der Waals surface area contributed by atoms with E-state index < -0.39 is 10.0 Å². The van der Waals surface area contributed by atoms with Crippen molar-refractivity contribution in [3.05, 3.63) is 52.5 Å². The normalized spacial score (nSPS) is 11.2. The molecule has 0 bridgehead atoms. The SMILES string of the molecule is CCCS(=O)(=O)Nc1ccc(Nc2cc(Cl)ccc2Cl)cc1. The Labute approximate surface area is 140 Å². The van der Waals surface area contributed by atoms with Gasteiger partial charge in [0.25, 0.3) is 0 Å². The lowest BCUT2D eigenvalue weighted by Crippen LogP contribution is -2.15. The standard InChI is InChI=1S/C15H16Cl2N2O2S/c1-2-9-22(20,21)19-13-6-4-12(5-7-13)18-15-10-11(16)3-8-14(15)17/h3-8,10,18-19H,2,9H2,1H3. The Bertz CT molecular complexity index is 747. The topological polar surface area (TPSA) is 58.2 Å². The van der Waals surface area contributed by atoms with E-state index in [9.17, 15) is 8.42 Å². The molecule has 7 heteroatoms. The van der Waals surface area contributed by atoms with Gasteiger partial charge in [-0.1, -0.05) is 30.1 Å². The summed E-state index contributed by atoms with van der Waals surface area (Å²) in [5.74, 6) is 0.102. The van der Waals surface area contributed by atoms with Crippen LogP contribution < -0.4 is 10.0 Å². The highest BCUT2D eigenvalue weighted by molar-refractivity contribution is 7.92. The van der Waals surface area contributed by atoms with Crippen molar-refractivity contribution in [1.82, 2.24) is 0 Å². The van der Waals surface area contributed by atoms with E-state index in [0.29, 0.717) is 27.8 Å².